The van der Waals surface area contributed by atoms with E-state index in [0.29, 0.717) is 11.4 Å². The molecule has 1 aliphatic rings. The van der Waals surface area contributed by atoms with Gasteiger partial charge in [-0.05, 0) is 38.1 Å². The van der Waals surface area contributed by atoms with Crippen molar-refractivity contribution in [3.05, 3.63) is 35.2 Å². The molecular weight excluding hydrogens is 346 g/mol. The Morgan fingerprint density at radius 2 is 1.85 bits per heavy atom. The average molecular weight is 376 g/mol. The molecule has 2 N–H and O–H groups in total. The molecule has 0 saturated carbocycles. The molecule has 6 heteroatoms. The minimum atomic E-state index is -0.226. The summed E-state index contributed by atoms with van der Waals surface area (Å²) in [6, 6.07) is 7.59. The first kappa shape index (κ1) is 20.5. The molecule has 0 fully saturated rings. The van der Waals surface area contributed by atoms with Gasteiger partial charge in [-0.2, -0.15) is 0 Å². The lowest BCUT2D eigenvalue weighted by molar-refractivity contribution is -0.117. The average Bonchev–Trinajstić information content (AvgIpc) is 2.64. The highest BCUT2D eigenvalue weighted by Crippen LogP contribution is 2.37. The number of carbonyl (C=O) groups excluding carboxylic acids is 2. The molecule has 0 atom stereocenters. The Kier molecular flexibility index (Phi) is 8.71. The summed E-state index contributed by atoms with van der Waals surface area (Å²) in [7, 11) is 0. The number of unbranched alkanes of at least 4 members (excludes halogenated alkanes) is 2. The van der Waals surface area contributed by atoms with Crippen molar-refractivity contribution in [1.82, 2.24) is 10.2 Å². The van der Waals surface area contributed by atoms with E-state index in [-0.39, 0.29) is 11.8 Å². The third-order valence-corrected chi connectivity index (χ3v) is 5.32. The summed E-state index contributed by atoms with van der Waals surface area (Å²) in [5, 5.41) is 5.73. The van der Waals surface area contributed by atoms with Gasteiger partial charge in [-0.15, -0.1) is 0 Å². The van der Waals surface area contributed by atoms with E-state index in [1.54, 1.807) is 0 Å². The molecule has 0 radical (unpaired) electrons. The van der Waals surface area contributed by atoms with Crippen LogP contribution in [0.3, 0.4) is 0 Å². The van der Waals surface area contributed by atoms with Gasteiger partial charge in [0.2, 0.25) is 5.91 Å². The second kappa shape index (κ2) is 11.0. The number of nitrogens with zero attached hydrogens (tertiary/aromatic N) is 1. The first-order valence-electron chi connectivity index (χ1n) is 9.44. The third kappa shape index (κ3) is 6.50. The van der Waals surface area contributed by atoms with Gasteiger partial charge in [-0.1, -0.05) is 50.6 Å². The molecule has 0 unspecified atom stereocenters. The molecule has 5 nitrogen and oxygen atoms in total. The lowest BCUT2D eigenvalue weighted by Crippen LogP contribution is -2.35. The van der Waals surface area contributed by atoms with Gasteiger partial charge in [0.15, 0.2) is 0 Å². The van der Waals surface area contributed by atoms with Gasteiger partial charge >= 0.3 is 0 Å². The Morgan fingerprint density at radius 1 is 1.15 bits per heavy atom. The summed E-state index contributed by atoms with van der Waals surface area (Å²) in [4.78, 5) is 28.1. The van der Waals surface area contributed by atoms with Crippen LogP contribution in [0.4, 0.5) is 5.69 Å². The summed E-state index contributed by atoms with van der Waals surface area (Å²) >= 11 is 1.33. The molecule has 142 valence electrons. The molecule has 1 aromatic rings. The molecule has 1 aromatic carbocycles. The van der Waals surface area contributed by atoms with Crippen LogP contribution < -0.4 is 10.6 Å². The Bertz CT molecular complexity index is 638. The summed E-state index contributed by atoms with van der Waals surface area (Å²) in [6.07, 6.45) is 6.11. The molecule has 0 spiro atoms. The maximum absolute atomic E-state index is 12.2. The number of thioether (sulfide) groups is 1. The summed E-state index contributed by atoms with van der Waals surface area (Å²) in [5.74, 6) is -0.440. The summed E-state index contributed by atoms with van der Waals surface area (Å²) < 4.78 is 0. The first-order valence-corrected chi connectivity index (χ1v) is 10.3. The molecule has 0 aromatic heterocycles. The number of fused-ring (bicyclic) bond motifs is 1. The van der Waals surface area contributed by atoms with Crippen LogP contribution >= 0.6 is 11.8 Å². The molecule has 1 heterocycles. The van der Waals surface area contributed by atoms with E-state index < -0.39 is 0 Å². The lowest BCUT2D eigenvalue weighted by atomic mass is 10.2. The van der Waals surface area contributed by atoms with Crippen molar-refractivity contribution in [3.63, 3.8) is 0 Å². The minimum absolute atomic E-state index is 0.215. The monoisotopic (exact) mass is 375 g/mol. The number of benzene rings is 1. The van der Waals surface area contributed by atoms with Crippen molar-refractivity contribution in [2.45, 2.75) is 44.4 Å². The normalized spacial score (nSPS) is 15.0. The number of hydrogen-bond donors (Lipinski definition) is 2. The van der Waals surface area contributed by atoms with E-state index in [4.69, 9.17) is 0 Å². The van der Waals surface area contributed by atoms with E-state index in [2.05, 4.69) is 29.4 Å². The predicted octanol–water partition coefficient (Wildman–Crippen LogP) is 3.63. The van der Waals surface area contributed by atoms with E-state index >= 15 is 0 Å². The van der Waals surface area contributed by atoms with Crippen LogP contribution in [-0.4, -0.2) is 42.9 Å². The van der Waals surface area contributed by atoms with Crippen molar-refractivity contribution in [3.8, 4) is 0 Å². The lowest BCUT2D eigenvalue weighted by Gasteiger charge is -2.22. The molecule has 0 saturated heterocycles. The van der Waals surface area contributed by atoms with Crippen molar-refractivity contribution in [2.75, 3.05) is 31.5 Å². The number of carbonyl (C=O) groups is 2. The van der Waals surface area contributed by atoms with Crippen LogP contribution in [0.2, 0.25) is 0 Å². The largest absolute Gasteiger partial charge is 0.351 e. The second-order valence-electron chi connectivity index (χ2n) is 6.40. The van der Waals surface area contributed by atoms with Crippen molar-refractivity contribution in [1.29, 1.82) is 0 Å². The quantitative estimate of drug-likeness (QED) is 0.613. The van der Waals surface area contributed by atoms with E-state index in [1.807, 2.05) is 24.3 Å². The van der Waals surface area contributed by atoms with Gasteiger partial charge in [-0.3, -0.25) is 9.59 Å². The van der Waals surface area contributed by atoms with Gasteiger partial charge < -0.3 is 15.5 Å². The van der Waals surface area contributed by atoms with E-state index in [9.17, 15) is 9.59 Å². The molecule has 0 aliphatic carbocycles. The zero-order chi connectivity index (χ0) is 18.8. The van der Waals surface area contributed by atoms with Gasteiger partial charge in [0.1, 0.15) is 0 Å². The van der Waals surface area contributed by atoms with Gasteiger partial charge in [0.05, 0.1) is 10.6 Å². The molecule has 26 heavy (non-hydrogen) atoms. The maximum atomic E-state index is 12.2. The van der Waals surface area contributed by atoms with Crippen LogP contribution in [0.25, 0.3) is 0 Å². The highest BCUT2D eigenvalue weighted by molar-refractivity contribution is 8.04. The maximum Gasteiger partial charge on any atom is 0.262 e. The van der Waals surface area contributed by atoms with Crippen LogP contribution in [0.1, 0.15) is 39.5 Å². The summed E-state index contributed by atoms with van der Waals surface area (Å²) in [5.41, 5.74) is 0.794. The Labute approximate surface area is 160 Å². The zero-order valence-electron chi connectivity index (χ0n) is 15.7. The van der Waals surface area contributed by atoms with Crippen LogP contribution in [-0.2, 0) is 9.59 Å². The standard InChI is InChI=1S/C20H29N3O2S/c1-3-5-12-23(13-6-4-2)14-11-21-19(24)15-18-20(25)22-16-9-7-8-10-17(16)26-18/h7-10,15H,3-6,11-14H2,1-2H3,(H,21,24)(H,22,25)/b18-15-. The van der Waals surface area contributed by atoms with Crippen molar-refractivity contribution in [2.24, 2.45) is 0 Å². The Morgan fingerprint density at radius 3 is 2.54 bits per heavy atom. The number of rotatable bonds is 10. The van der Waals surface area contributed by atoms with Crippen LogP contribution in [0.5, 0.6) is 0 Å². The molecule has 2 amide bonds. The van der Waals surface area contributed by atoms with E-state index in [1.165, 1.54) is 43.5 Å². The smallest absolute Gasteiger partial charge is 0.262 e. The highest BCUT2D eigenvalue weighted by Gasteiger charge is 2.21. The predicted molar refractivity (Wildman–Crippen MR) is 108 cm³/mol. The Balaban J connectivity index is 1.83. The number of amides is 2. The SMILES string of the molecule is CCCCN(CCCC)CCNC(=O)/C=C1\Sc2ccccc2NC1=O. The number of hydrogen-bond acceptors (Lipinski definition) is 4. The number of anilines is 1. The fraction of sp³-hybridized carbons (Fsp3) is 0.500. The van der Waals surface area contributed by atoms with Crippen molar-refractivity contribution >= 4 is 29.3 Å². The molecule has 0 bridgehead atoms. The van der Waals surface area contributed by atoms with Crippen LogP contribution in [0, 0.1) is 0 Å². The molecular formula is C20H29N3O2S. The van der Waals surface area contributed by atoms with Gasteiger partial charge in [0, 0.05) is 24.1 Å². The summed E-state index contributed by atoms with van der Waals surface area (Å²) in [6.45, 7) is 7.97. The van der Waals surface area contributed by atoms with Crippen molar-refractivity contribution < 1.29 is 9.59 Å². The van der Waals surface area contributed by atoms with Gasteiger partial charge in [0.25, 0.3) is 5.91 Å². The molecule has 2 rings (SSSR count). The van der Waals surface area contributed by atoms with E-state index in [0.717, 1.165) is 30.2 Å². The number of nitrogens with one attached hydrogen (secondary N) is 2. The number of para-hydroxylation sites is 1. The molecule has 1 aliphatic heterocycles. The fourth-order valence-corrected chi connectivity index (χ4v) is 3.63. The highest BCUT2D eigenvalue weighted by atomic mass is 32.2. The Hall–Kier alpha value is -1.79. The van der Waals surface area contributed by atoms with Crippen LogP contribution in [0.15, 0.2) is 40.1 Å². The second-order valence-corrected chi connectivity index (χ2v) is 7.48. The minimum Gasteiger partial charge on any atom is -0.351 e. The van der Waals surface area contributed by atoms with Gasteiger partial charge in [-0.25, -0.2) is 0 Å². The fourth-order valence-electron chi connectivity index (χ4n) is 2.71. The third-order valence-electron chi connectivity index (χ3n) is 4.22. The first-order chi connectivity index (χ1) is 12.6. The zero-order valence-corrected chi connectivity index (χ0v) is 16.5. The topological polar surface area (TPSA) is 61.4 Å².